The number of thioether (sulfide) groups is 1. The summed E-state index contributed by atoms with van der Waals surface area (Å²) in [5, 5.41) is 0.902. The lowest BCUT2D eigenvalue weighted by Crippen LogP contribution is -2.58. The molecule has 0 aliphatic carbocycles. The Kier molecular flexibility index (Phi) is 7.23. The summed E-state index contributed by atoms with van der Waals surface area (Å²) in [5.74, 6) is -0.640. The molecule has 1 saturated heterocycles. The molecule has 200 valence electrons. The number of amides is 1. The van der Waals surface area contributed by atoms with Crippen LogP contribution in [0.4, 0.5) is 14.6 Å². The number of rotatable bonds is 4. The Balaban J connectivity index is 1.75. The molecule has 0 saturated carbocycles. The van der Waals surface area contributed by atoms with Crippen LogP contribution >= 0.6 is 23.4 Å². The molecule has 1 aromatic heterocycles. The first-order valence-corrected chi connectivity index (χ1v) is 13.6. The van der Waals surface area contributed by atoms with Gasteiger partial charge in [-0.05, 0) is 38.1 Å². The van der Waals surface area contributed by atoms with E-state index in [-0.39, 0.29) is 41.2 Å². The van der Waals surface area contributed by atoms with Gasteiger partial charge in [0.2, 0.25) is 5.91 Å². The van der Waals surface area contributed by atoms with Gasteiger partial charge in [-0.2, -0.15) is 4.98 Å². The molecule has 1 amide bonds. The first-order chi connectivity index (χ1) is 18.1. The lowest BCUT2D eigenvalue weighted by atomic mass is 10.0. The Hall–Kier alpha value is -2.95. The van der Waals surface area contributed by atoms with E-state index in [9.17, 15) is 14.0 Å². The number of hydrogen-bond acceptors (Lipinski definition) is 6. The van der Waals surface area contributed by atoms with Gasteiger partial charge in [-0.15, -0.1) is 11.8 Å². The molecule has 1 fully saturated rings. The van der Waals surface area contributed by atoms with Crippen molar-refractivity contribution in [2.75, 3.05) is 30.9 Å². The van der Waals surface area contributed by atoms with Crippen LogP contribution in [-0.2, 0) is 16.1 Å². The van der Waals surface area contributed by atoms with Crippen molar-refractivity contribution in [1.82, 2.24) is 14.5 Å². The summed E-state index contributed by atoms with van der Waals surface area (Å²) in [7, 11) is 1.57. The Bertz CT molecular complexity index is 1500. The molecule has 38 heavy (non-hydrogen) atoms. The highest BCUT2D eigenvalue weighted by molar-refractivity contribution is 7.99. The third kappa shape index (κ3) is 4.48. The van der Waals surface area contributed by atoms with Crippen molar-refractivity contribution < 1.29 is 18.3 Å². The van der Waals surface area contributed by atoms with E-state index < -0.39 is 17.3 Å². The quantitative estimate of drug-likeness (QED) is 0.430. The third-order valence-electron chi connectivity index (χ3n) is 7.13. The van der Waals surface area contributed by atoms with Crippen molar-refractivity contribution in [2.45, 2.75) is 43.5 Å². The highest BCUT2D eigenvalue weighted by Gasteiger charge is 2.35. The van der Waals surface area contributed by atoms with Gasteiger partial charge in [0.05, 0.1) is 23.2 Å². The maximum absolute atomic E-state index is 15.0. The molecule has 1 unspecified atom stereocenters. The summed E-state index contributed by atoms with van der Waals surface area (Å²) in [5.41, 5.74) is 0.660. The van der Waals surface area contributed by atoms with Gasteiger partial charge in [0.1, 0.15) is 17.5 Å². The normalized spacial score (nSPS) is 21.5. The lowest BCUT2D eigenvalue weighted by molar-refractivity contribution is -0.130. The van der Waals surface area contributed by atoms with Crippen LogP contribution in [0.5, 0.6) is 0 Å². The summed E-state index contributed by atoms with van der Waals surface area (Å²) in [6, 6.07) is 4.74. The van der Waals surface area contributed by atoms with Gasteiger partial charge in [0, 0.05) is 65.5 Å². The van der Waals surface area contributed by atoms with E-state index in [0.29, 0.717) is 46.0 Å². The first kappa shape index (κ1) is 26.6. The Morgan fingerprint density at radius 3 is 2.55 bits per heavy atom. The highest BCUT2D eigenvalue weighted by Crippen LogP contribution is 2.46. The molecule has 0 bridgehead atoms. The van der Waals surface area contributed by atoms with Crippen molar-refractivity contribution >= 4 is 46.0 Å². The maximum atomic E-state index is 15.0. The molecule has 0 spiro atoms. The number of piperazine rings is 1. The molecular formula is C27H27ClF2N4O3S. The predicted molar refractivity (Wildman–Crippen MR) is 146 cm³/mol. The monoisotopic (exact) mass is 560 g/mol. The molecule has 7 nitrogen and oxygen atoms in total. The summed E-state index contributed by atoms with van der Waals surface area (Å²) in [6.45, 7) is 8.65. The summed E-state index contributed by atoms with van der Waals surface area (Å²) in [6.07, 6.45) is 1.01. The van der Waals surface area contributed by atoms with Crippen LogP contribution in [0.15, 0.2) is 46.6 Å². The van der Waals surface area contributed by atoms with Crippen molar-refractivity contribution in [1.29, 1.82) is 0 Å². The molecule has 2 aliphatic heterocycles. The number of anilines is 1. The number of carbonyl (C=O) groups is 1. The predicted octanol–water partition coefficient (Wildman–Crippen LogP) is 4.73. The largest absolute Gasteiger partial charge is 0.379 e. The molecule has 0 N–H and O–H groups in total. The Morgan fingerprint density at radius 1 is 1.21 bits per heavy atom. The van der Waals surface area contributed by atoms with Gasteiger partial charge in [-0.3, -0.25) is 9.36 Å². The number of carbonyl (C=O) groups excluding carboxylic acids is 1. The molecule has 11 heteroatoms. The van der Waals surface area contributed by atoms with Crippen LogP contribution < -0.4 is 10.6 Å². The SMILES string of the molecule is C=CC(=O)N1[C@H](C)CN(c2nc(=O)n3c4c(c(-c5ccc(F)cc5F)c(Cl)cc24)SCC(OC)C3)C[C@@H]1C. The molecular weight excluding hydrogens is 534 g/mol. The Labute approximate surface area is 228 Å². The number of benzene rings is 2. The van der Waals surface area contributed by atoms with Gasteiger partial charge >= 0.3 is 5.69 Å². The van der Waals surface area contributed by atoms with Crippen LogP contribution in [0.25, 0.3) is 22.0 Å². The topological polar surface area (TPSA) is 67.7 Å². The van der Waals surface area contributed by atoms with E-state index in [1.807, 2.05) is 18.7 Å². The van der Waals surface area contributed by atoms with Gasteiger partial charge in [0.25, 0.3) is 0 Å². The first-order valence-electron chi connectivity index (χ1n) is 12.2. The second-order valence-corrected chi connectivity index (χ2v) is 11.1. The van der Waals surface area contributed by atoms with E-state index in [2.05, 4.69) is 11.6 Å². The van der Waals surface area contributed by atoms with E-state index in [1.54, 1.807) is 22.6 Å². The third-order valence-corrected chi connectivity index (χ3v) is 8.65. The number of methoxy groups -OCH3 is 1. The molecule has 3 atom stereocenters. The molecule has 3 heterocycles. The van der Waals surface area contributed by atoms with Gasteiger partial charge < -0.3 is 14.5 Å². The molecule has 0 radical (unpaired) electrons. The fourth-order valence-corrected chi connectivity index (χ4v) is 7.14. The zero-order valence-corrected chi connectivity index (χ0v) is 22.8. The average molecular weight is 561 g/mol. The molecule has 2 aromatic carbocycles. The number of halogens is 3. The minimum atomic E-state index is -0.746. The van der Waals surface area contributed by atoms with Gasteiger partial charge in [0.15, 0.2) is 0 Å². The minimum absolute atomic E-state index is 0.146. The van der Waals surface area contributed by atoms with Crippen LogP contribution in [0.2, 0.25) is 5.02 Å². The Morgan fingerprint density at radius 2 is 1.92 bits per heavy atom. The van der Waals surface area contributed by atoms with E-state index in [0.717, 1.165) is 6.07 Å². The maximum Gasteiger partial charge on any atom is 0.350 e. The zero-order valence-electron chi connectivity index (χ0n) is 21.2. The van der Waals surface area contributed by atoms with Crippen LogP contribution in [0, 0.1) is 11.6 Å². The summed E-state index contributed by atoms with van der Waals surface area (Å²) >= 11 is 8.24. The number of nitrogens with zero attached hydrogens (tertiary/aromatic N) is 4. The van der Waals surface area contributed by atoms with E-state index in [4.69, 9.17) is 16.3 Å². The van der Waals surface area contributed by atoms with Crippen LogP contribution in [0.3, 0.4) is 0 Å². The smallest absolute Gasteiger partial charge is 0.350 e. The highest BCUT2D eigenvalue weighted by atomic mass is 35.5. The minimum Gasteiger partial charge on any atom is -0.379 e. The van der Waals surface area contributed by atoms with Crippen LogP contribution in [-0.4, -0.2) is 64.5 Å². The van der Waals surface area contributed by atoms with Crippen molar-refractivity contribution in [3.8, 4) is 11.1 Å². The second-order valence-electron chi connectivity index (χ2n) is 9.63. The molecule has 5 rings (SSSR count). The van der Waals surface area contributed by atoms with E-state index in [1.165, 1.54) is 30.0 Å². The lowest BCUT2D eigenvalue weighted by Gasteiger charge is -2.44. The van der Waals surface area contributed by atoms with Crippen LogP contribution in [0.1, 0.15) is 13.8 Å². The summed E-state index contributed by atoms with van der Waals surface area (Å²) in [4.78, 5) is 34.8. The molecule has 3 aromatic rings. The van der Waals surface area contributed by atoms with Crippen molar-refractivity contribution in [3.63, 3.8) is 0 Å². The summed E-state index contributed by atoms with van der Waals surface area (Å²) < 4.78 is 35.9. The van der Waals surface area contributed by atoms with Crippen molar-refractivity contribution in [2.24, 2.45) is 0 Å². The van der Waals surface area contributed by atoms with Crippen molar-refractivity contribution in [3.05, 3.63) is 64.1 Å². The second kappa shape index (κ2) is 10.3. The van der Waals surface area contributed by atoms with Gasteiger partial charge in [-0.1, -0.05) is 18.2 Å². The fourth-order valence-electron chi connectivity index (χ4n) is 5.47. The average Bonchev–Trinajstić information content (AvgIpc) is 3.07. The fraction of sp³-hybridized carbons (Fsp3) is 0.370. The molecule has 2 aliphatic rings. The standard InChI is InChI=1S/C27H27ClF2N4O3S/c1-5-22(35)34-14(2)10-32(11-15(34)3)26-19-9-20(28)23(18-7-6-16(29)8-21(18)30)25-24(19)33(27(36)31-26)12-17(37-4)13-38-25/h5-9,14-15,17H,1,10-13H2,2-4H3/t14-,15+,17?. The number of hydrogen-bond donors (Lipinski definition) is 0. The van der Waals surface area contributed by atoms with Gasteiger partial charge in [-0.25, -0.2) is 13.6 Å². The number of aromatic nitrogens is 2. The number of ether oxygens (including phenoxy) is 1. The van der Waals surface area contributed by atoms with E-state index >= 15 is 4.39 Å². The zero-order chi connectivity index (χ0) is 27.3.